The van der Waals surface area contributed by atoms with E-state index in [0.717, 1.165) is 12.0 Å². The molecule has 0 aliphatic heterocycles. The second-order valence-electron chi connectivity index (χ2n) is 9.52. The Hall–Kier alpha value is -1.66. The van der Waals surface area contributed by atoms with Crippen molar-refractivity contribution < 1.29 is 4.79 Å². The lowest BCUT2D eigenvalue weighted by atomic mass is 9.85. The molecule has 162 valence electrons. The van der Waals surface area contributed by atoms with Gasteiger partial charge in [0.25, 0.3) is 0 Å². The van der Waals surface area contributed by atoms with Crippen LogP contribution in [0.3, 0.4) is 0 Å². The number of carbonyl (C=O) groups is 1. The Labute approximate surface area is 182 Å². The van der Waals surface area contributed by atoms with E-state index < -0.39 is 6.04 Å². The molecule has 1 aromatic rings. The second-order valence-corrected chi connectivity index (χ2v) is 9.93. The van der Waals surface area contributed by atoms with Crippen LogP contribution in [0, 0.1) is 5.41 Å². The summed E-state index contributed by atoms with van der Waals surface area (Å²) in [6, 6.07) is 10.5. The number of amides is 1. The van der Waals surface area contributed by atoms with Gasteiger partial charge in [-0.1, -0.05) is 63.9 Å². The molecular formula is C23H38N4OS. The molecule has 3 unspecified atom stereocenters. The quantitative estimate of drug-likeness (QED) is 0.694. The van der Waals surface area contributed by atoms with Crippen LogP contribution in [-0.4, -0.2) is 60.1 Å². The van der Waals surface area contributed by atoms with Crippen LogP contribution < -0.4 is 10.6 Å². The molecule has 0 saturated heterocycles. The number of hydrogen-bond donors (Lipinski definition) is 2. The largest absolute Gasteiger partial charge is 0.358 e. The summed E-state index contributed by atoms with van der Waals surface area (Å²) in [4.78, 5) is 17.3. The van der Waals surface area contributed by atoms with Gasteiger partial charge in [-0.2, -0.15) is 0 Å². The zero-order chi connectivity index (χ0) is 21.6. The number of likely N-dealkylation sites (N-methyl/N-ethyl adjacent to an activating group) is 2. The minimum absolute atomic E-state index is 0.0540. The van der Waals surface area contributed by atoms with Crippen molar-refractivity contribution in [3.05, 3.63) is 35.9 Å². The van der Waals surface area contributed by atoms with E-state index in [9.17, 15) is 4.79 Å². The van der Waals surface area contributed by atoms with Gasteiger partial charge in [-0.15, -0.1) is 0 Å². The number of nitrogens with one attached hydrogen (secondary N) is 2. The first-order valence-electron chi connectivity index (χ1n) is 10.6. The zero-order valence-corrected chi connectivity index (χ0v) is 19.7. The lowest BCUT2D eigenvalue weighted by Crippen LogP contribution is -2.59. The Morgan fingerprint density at radius 2 is 1.76 bits per heavy atom. The number of nitrogens with zero attached hydrogens (tertiary/aromatic N) is 2. The van der Waals surface area contributed by atoms with E-state index in [-0.39, 0.29) is 11.3 Å². The smallest absolute Gasteiger partial charge is 0.245 e. The van der Waals surface area contributed by atoms with Crippen molar-refractivity contribution >= 4 is 23.2 Å². The van der Waals surface area contributed by atoms with Gasteiger partial charge in [0.1, 0.15) is 6.04 Å². The predicted molar refractivity (Wildman–Crippen MR) is 125 cm³/mol. The van der Waals surface area contributed by atoms with Gasteiger partial charge < -0.3 is 20.4 Å². The van der Waals surface area contributed by atoms with Crippen LogP contribution >= 0.6 is 12.2 Å². The highest BCUT2D eigenvalue weighted by atomic mass is 32.1. The molecule has 29 heavy (non-hydrogen) atoms. The Kier molecular flexibility index (Phi) is 8.46. The third-order valence-corrected chi connectivity index (χ3v) is 5.97. The van der Waals surface area contributed by atoms with Crippen molar-refractivity contribution in [3.63, 3.8) is 0 Å². The maximum Gasteiger partial charge on any atom is 0.245 e. The highest BCUT2D eigenvalue weighted by Gasteiger charge is 2.35. The van der Waals surface area contributed by atoms with Crippen LogP contribution in [0.1, 0.15) is 52.0 Å². The lowest BCUT2D eigenvalue weighted by Gasteiger charge is -2.39. The molecule has 5 nitrogen and oxygen atoms in total. The first kappa shape index (κ1) is 23.6. The second kappa shape index (κ2) is 10.4. The number of thiocarbonyl (C=S) groups is 1. The average Bonchev–Trinajstić information content (AvgIpc) is 2.65. The SMILES string of the molecule is CN(Cc1ccccc1)C(=O)C(NC(=S)NC1CCCCC1N(C)C)C(C)(C)C. The number of rotatable bonds is 6. The minimum Gasteiger partial charge on any atom is -0.358 e. The van der Waals surface area contributed by atoms with Crippen LogP contribution in [0.2, 0.25) is 0 Å². The van der Waals surface area contributed by atoms with Gasteiger partial charge in [-0.25, -0.2) is 0 Å². The summed E-state index contributed by atoms with van der Waals surface area (Å²) in [6.07, 6.45) is 4.75. The Bertz CT molecular complexity index is 671. The molecule has 2 N–H and O–H groups in total. The molecule has 0 heterocycles. The fraction of sp³-hybridized carbons (Fsp3) is 0.652. The molecule has 1 aromatic carbocycles. The van der Waals surface area contributed by atoms with Gasteiger partial charge in [-0.3, -0.25) is 4.79 Å². The summed E-state index contributed by atoms with van der Waals surface area (Å²) in [5.41, 5.74) is 0.856. The van der Waals surface area contributed by atoms with Crippen LogP contribution in [0.5, 0.6) is 0 Å². The highest BCUT2D eigenvalue weighted by molar-refractivity contribution is 7.80. The standard InChI is InChI=1S/C23H38N4OS/c1-23(2,3)20(21(28)27(6)16-17-12-8-7-9-13-17)25-22(29)24-18-14-10-11-15-19(18)26(4)5/h7-9,12-13,18-20H,10-11,14-16H2,1-6H3,(H2,24,25,29). The van der Waals surface area contributed by atoms with Crippen molar-refractivity contribution in [2.75, 3.05) is 21.1 Å². The minimum atomic E-state index is -0.391. The summed E-state index contributed by atoms with van der Waals surface area (Å²) in [6.45, 7) is 6.81. The normalized spacial score (nSPS) is 20.8. The topological polar surface area (TPSA) is 47.6 Å². The fourth-order valence-corrected chi connectivity index (χ4v) is 4.31. The van der Waals surface area contributed by atoms with Crippen LogP contribution in [0.25, 0.3) is 0 Å². The van der Waals surface area contributed by atoms with Gasteiger partial charge in [-0.05, 0) is 50.1 Å². The van der Waals surface area contributed by atoms with Crippen LogP contribution in [-0.2, 0) is 11.3 Å². The van der Waals surface area contributed by atoms with Gasteiger partial charge in [0.15, 0.2) is 5.11 Å². The molecule has 1 fully saturated rings. The molecule has 2 rings (SSSR count). The van der Waals surface area contributed by atoms with Gasteiger partial charge in [0, 0.05) is 25.7 Å². The van der Waals surface area contributed by atoms with E-state index in [2.05, 4.69) is 50.4 Å². The van der Waals surface area contributed by atoms with Crippen molar-refractivity contribution in [3.8, 4) is 0 Å². The Morgan fingerprint density at radius 3 is 2.34 bits per heavy atom. The monoisotopic (exact) mass is 418 g/mol. The molecule has 1 amide bonds. The molecule has 0 spiro atoms. The number of carbonyl (C=O) groups excluding carboxylic acids is 1. The summed E-state index contributed by atoms with van der Waals surface area (Å²) in [5, 5.41) is 7.42. The third kappa shape index (κ3) is 6.96. The zero-order valence-electron chi connectivity index (χ0n) is 18.9. The van der Waals surface area contributed by atoms with Gasteiger partial charge in [0.05, 0.1) is 0 Å². The highest BCUT2D eigenvalue weighted by Crippen LogP contribution is 2.23. The molecule has 1 aliphatic carbocycles. The van der Waals surface area contributed by atoms with Crippen molar-refractivity contribution in [1.82, 2.24) is 20.4 Å². The first-order chi connectivity index (χ1) is 13.6. The van der Waals surface area contributed by atoms with E-state index in [1.807, 2.05) is 37.4 Å². The average molecular weight is 419 g/mol. The van der Waals surface area contributed by atoms with E-state index in [0.29, 0.717) is 23.7 Å². The Balaban J connectivity index is 2.03. The Morgan fingerprint density at radius 1 is 1.14 bits per heavy atom. The first-order valence-corrected chi connectivity index (χ1v) is 11.0. The van der Waals surface area contributed by atoms with Crippen molar-refractivity contribution in [2.45, 2.75) is 71.1 Å². The summed E-state index contributed by atoms with van der Waals surface area (Å²) < 4.78 is 0. The van der Waals surface area contributed by atoms with Crippen molar-refractivity contribution in [1.29, 1.82) is 0 Å². The van der Waals surface area contributed by atoms with E-state index in [1.165, 1.54) is 19.3 Å². The summed E-state index contributed by atoms with van der Waals surface area (Å²) >= 11 is 5.64. The molecule has 1 saturated carbocycles. The molecule has 0 radical (unpaired) electrons. The molecule has 6 heteroatoms. The maximum atomic E-state index is 13.3. The molecular weight excluding hydrogens is 380 g/mol. The third-order valence-electron chi connectivity index (χ3n) is 5.74. The lowest BCUT2D eigenvalue weighted by molar-refractivity contribution is -0.134. The molecule has 3 atom stereocenters. The molecule has 0 bridgehead atoms. The van der Waals surface area contributed by atoms with Gasteiger partial charge >= 0.3 is 0 Å². The summed E-state index contributed by atoms with van der Waals surface area (Å²) in [7, 11) is 6.11. The van der Waals surface area contributed by atoms with Gasteiger partial charge in [0.2, 0.25) is 5.91 Å². The predicted octanol–water partition coefficient (Wildman–Crippen LogP) is 3.40. The summed E-state index contributed by atoms with van der Waals surface area (Å²) in [5.74, 6) is 0.0540. The number of hydrogen-bond acceptors (Lipinski definition) is 3. The van der Waals surface area contributed by atoms with Crippen LogP contribution in [0.4, 0.5) is 0 Å². The number of benzene rings is 1. The maximum absolute atomic E-state index is 13.3. The van der Waals surface area contributed by atoms with Crippen molar-refractivity contribution in [2.24, 2.45) is 5.41 Å². The van der Waals surface area contributed by atoms with E-state index in [1.54, 1.807) is 4.90 Å². The van der Waals surface area contributed by atoms with E-state index in [4.69, 9.17) is 12.2 Å². The van der Waals surface area contributed by atoms with Crippen LogP contribution in [0.15, 0.2) is 30.3 Å². The van der Waals surface area contributed by atoms with E-state index >= 15 is 0 Å². The fourth-order valence-electron chi connectivity index (χ4n) is 4.04. The molecule has 1 aliphatic rings. The molecule has 0 aromatic heterocycles.